The van der Waals surface area contributed by atoms with Crippen molar-refractivity contribution in [3.8, 4) is 0 Å². The van der Waals surface area contributed by atoms with Crippen molar-refractivity contribution >= 4 is 34.8 Å². The summed E-state index contributed by atoms with van der Waals surface area (Å²) in [6, 6.07) is 1.69. The van der Waals surface area contributed by atoms with Gasteiger partial charge < -0.3 is 29.2 Å². The minimum atomic E-state index is -0.992. The Morgan fingerprint density at radius 2 is 1.79 bits per heavy atom. The molecule has 150 valence electrons. The number of carbonyl (C=O) groups excluding carboxylic acids is 3. The zero-order chi connectivity index (χ0) is 20.4. The van der Waals surface area contributed by atoms with Crippen LogP contribution >= 0.6 is 0 Å². The van der Waals surface area contributed by atoms with Crippen molar-refractivity contribution in [1.82, 2.24) is 14.5 Å². The Hall–Kier alpha value is -3.21. The van der Waals surface area contributed by atoms with Crippen LogP contribution in [-0.2, 0) is 33.3 Å². The lowest BCUT2D eigenvalue weighted by Crippen LogP contribution is -2.40. The number of anilines is 1. The van der Waals surface area contributed by atoms with Crippen LogP contribution in [0.2, 0.25) is 0 Å². The molecular weight excluding hydrogens is 372 g/mol. The minimum absolute atomic E-state index is 0.183. The molecule has 1 saturated heterocycles. The highest BCUT2D eigenvalue weighted by molar-refractivity contribution is 5.86. The summed E-state index contributed by atoms with van der Waals surface area (Å²) in [6.45, 7) is 3.52. The molecule has 0 aliphatic carbocycles. The van der Waals surface area contributed by atoms with Crippen molar-refractivity contribution in [3.05, 3.63) is 18.6 Å². The van der Waals surface area contributed by atoms with E-state index in [0.717, 1.165) is 0 Å². The third kappa shape index (κ3) is 3.88. The second-order valence-electron chi connectivity index (χ2n) is 6.23. The van der Waals surface area contributed by atoms with Crippen LogP contribution in [0.4, 0.5) is 5.82 Å². The van der Waals surface area contributed by atoms with Crippen molar-refractivity contribution in [1.29, 1.82) is 0 Å². The number of nitrogen functional groups attached to an aromatic ring is 1. The highest BCUT2D eigenvalue weighted by Gasteiger charge is 2.50. The van der Waals surface area contributed by atoms with Gasteiger partial charge in [-0.15, -0.1) is 0 Å². The van der Waals surface area contributed by atoms with Crippen LogP contribution < -0.4 is 5.73 Å². The van der Waals surface area contributed by atoms with E-state index in [9.17, 15) is 14.4 Å². The van der Waals surface area contributed by atoms with Crippen LogP contribution in [-0.4, -0.2) is 57.4 Å². The van der Waals surface area contributed by atoms with Crippen LogP contribution in [0.15, 0.2) is 18.6 Å². The molecule has 0 bridgehead atoms. The maximum absolute atomic E-state index is 11.7. The molecule has 0 amide bonds. The van der Waals surface area contributed by atoms with Crippen LogP contribution in [0.3, 0.4) is 0 Å². The summed E-state index contributed by atoms with van der Waals surface area (Å²) in [4.78, 5) is 42.6. The average molecular weight is 392 g/mol. The van der Waals surface area contributed by atoms with Gasteiger partial charge in [0.25, 0.3) is 0 Å². The molecule has 2 aromatic rings. The lowest BCUT2D eigenvalue weighted by Gasteiger charge is -2.24. The van der Waals surface area contributed by atoms with Gasteiger partial charge in [0, 0.05) is 27.0 Å². The van der Waals surface area contributed by atoms with Crippen molar-refractivity contribution in [2.75, 3.05) is 12.3 Å². The summed E-state index contributed by atoms with van der Waals surface area (Å²) in [6.07, 6.45) is -0.768. The Morgan fingerprint density at radius 1 is 1.11 bits per heavy atom. The summed E-state index contributed by atoms with van der Waals surface area (Å²) in [7, 11) is 0. The molecule has 1 aliphatic rings. The molecule has 3 heterocycles. The number of hydrogen-bond donors (Lipinski definition) is 1. The molecule has 0 radical (unpaired) electrons. The van der Waals surface area contributed by atoms with Crippen molar-refractivity contribution in [3.63, 3.8) is 0 Å². The normalized spacial score (nSPS) is 24.1. The molecule has 0 aromatic carbocycles. The standard InChI is InChI=1S/C17H20N4O7/c1-8(22)25-6-12-13(26-9(2)23)14(27-10(3)24)17(28-12)21-5-4-11-15(18)19-7-20-16(11)21/h4-5,7,12-14,17H,6H2,1-3H3,(H2,18,19,20)/t12-,13-,14-,17-/m1/s1. The average Bonchev–Trinajstić information content (AvgIpc) is 3.16. The zero-order valence-corrected chi connectivity index (χ0v) is 15.5. The summed E-state index contributed by atoms with van der Waals surface area (Å²) in [5.41, 5.74) is 6.32. The first-order valence-electron chi connectivity index (χ1n) is 8.48. The topological polar surface area (TPSA) is 145 Å². The van der Waals surface area contributed by atoms with Crippen molar-refractivity contribution in [2.24, 2.45) is 0 Å². The molecule has 4 atom stereocenters. The fourth-order valence-electron chi connectivity index (χ4n) is 3.11. The fourth-order valence-corrected chi connectivity index (χ4v) is 3.11. The van der Waals surface area contributed by atoms with Crippen LogP contribution in [0.5, 0.6) is 0 Å². The van der Waals surface area contributed by atoms with E-state index >= 15 is 0 Å². The van der Waals surface area contributed by atoms with Gasteiger partial charge in [-0.25, -0.2) is 9.97 Å². The highest BCUT2D eigenvalue weighted by Crippen LogP contribution is 2.36. The Bertz CT molecular complexity index is 912. The predicted octanol–water partition coefficient (Wildman–Crippen LogP) is 0.337. The highest BCUT2D eigenvalue weighted by atomic mass is 16.7. The van der Waals surface area contributed by atoms with Gasteiger partial charge in [0.05, 0.1) is 5.39 Å². The molecule has 3 rings (SSSR count). The van der Waals surface area contributed by atoms with E-state index in [0.29, 0.717) is 11.0 Å². The maximum Gasteiger partial charge on any atom is 0.303 e. The van der Waals surface area contributed by atoms with Gasteiger partial charge in [-0.3, -0.25) is 14.4 Å². The van der Waals surface area contributed by atoms with Crippen LogP contribution in [0, 0.1) is 0 Å². The van der Waals surface area contributed by atoms with E-state index in [1.165, 1.54) is 27.1 Å². The number of carbonyl (C=O) groups is 3. The molecule has 0 saturated carbocycles. The second-order valence-corrected chi connectivity index (χ2v) is 6.23. The Labute approximate surface area is 159 Å². The number of nitrogens with two attached hydrogens (primary N) is 1. The van der Waals surface area contributed by atoms with E-state index in [1.807, 2.05) is 0 Å². The number of aromatic nitrogens is 3. The summed E-state index contributed by atoms with van der Waals surface area (Å²) < 4.78 is 23.3. The van der Waals surface area contributed by atoms with Gasteiger partial charge in [-0.05, 0) is 6.07 Å². The summed E-state index contributed by atoms with van der Waals surface area (Å²) >= 11 is 0. The summed E-state index contributed by atoms with van der Waals surface area (Å²) in [5, 5.41) is 0.583. The molecule has 1 fully saturated rings. The van der Waals surface area contributed by atoms with E-state index in [-0.39, 0.29) is 12.4 Å². The molecule has 11 nitrogen and oxygen atoms in total. The third-order valence-electron chi connectivity index (χ3n) is 4.15. The van der Waals surface area contributed by atoms with Gasteiger partial charge in [0.2, 0.25) is 0 Å². The molecule has 1 aliphatic heterocycles. The smallest absolute Gasteiger partial charge is 0.303 e. The van der Waals surface area contributed by atoms with Crippen molar-refractivity contribution in [2.45, 2.75) is 45.3 Å². The number of fused-ring (bicyclic) bond motifs is 1. The quantitative estimate of drug-likeness (QED) is 0.558. The van der Waals surface area contributed by atoms with Gasteiger partial charge in [0.15, 0.2) is 18.4 Å². The first-order chi connectivity index (χ1) is 13.3. The first-order valence-corrected chi connectivity index (χ1v) is 8.48. The van der Waals surface area contributed by atoms with Crippen LogP contribution in [0.1, 0.15) is 27.0 Å². The van der Waals surface area contributed by atoms with Gasteiger partial charge in [-0.2, -0.15) is 0 Å². The molecule has 2 aromatic heterocycles. The molecule has 2 N–H and O–H groups in total. The number of hydrogen-bond acceptors (Lipinski definition) is 10. The third-order valence-corrected chi connectivity index (χ3v) is 4.15. The van der Waals surface area contributed by atoms with E-state index in [4.69, 9.17) is 24.7 Å². The number of nitrogens with zero attached hydrogens (tertiary/aromatic N) is 3. The predicted molar refractivity (Wildman–Crippen MR) is 93.6 cm³/mol. The van der Waals surface area contributed by atoms with Crippen LogP contribution in [0.25, 0.3) is 11.0 Å². The monoisotopic (exact) mass is 392 g/mol. The second kappa shape index (κ2) is 7.80. The van der Waals surface area contributed by atoms with Gasteiger partial charge in [0.1, 0.15) is 30.5 Å². The molecule has 0 spiro atoms. The van der Waals surface area contributed by atoms with E-state index in [2.05, 4.69) is 9.97 Å². The lowest BCUT2D eigenvalue weighted by molar-refractivity contribution is -0.166. The molecule has 11 heteroatoms. The number of ether oxygens (including phenoxy) is 4. The number of esters is 3. The molecular formula is C17H20N4O7. The van der Waals surface area contributed by atoms with Crippen molar-refractivity contribution < 1.29 is 33.3 Å². The largest absolute Gasteiger partial charge is 0.463 e. The van der Waals surface area contributed by atoms with Gasteiger partial charge in [-0.1, -0.05) is 0 Å². The first kappa shape index (κ1) is 19.5. The Balaban J connectivity index is 2.01. The lowest BCUT2D eigenvalue weighted by atomic mass is 10.1. The minimum Gasteiger partial charge on any atom is -0.463 e. The Kier molecular flexibility index (Phi) is 5.45. The molecule has 0 unspecified atom stereocenters. The summed E-state index contributed by atoms with van der Waals surface area (Å²) in [5.74, 6) is -1.43. The fraction of sp³-hybridized carbons (Fsp3) is 0.471. The Morgan fingerprint density at radius 3 is 2.43 bits per heavy atom. The molecule has 28 heavy (non-hydrogen) atoms. The SMILES string of the molecule is CC(=O)OC[C@H]1O[C@@H](n2ccc3c(N)ncnc32)[C@H](OC(C)=O)[C@@H]1OC(C)=O. The van der Waals surface area contributed by atoms with E-state index < -0.39 is 42.4 Å². The maximum atomic E-state index is 11.7. The van der Waals surface area contributed by atoms with E-state index in [1.54, 1.807) is 16.8 Å². The van der Waals surface area contributed by atoms with Gasteiger partial charge >= 0.3 is 17.9 Å². The number of rotatable bonds is 5. The zero-order valence-electron chi connectivity index (χ0n) is 15.5.